The van der Waals surface area contributed by atoms with Crippen LogP contribution in [0.3, 0.4) is 0 Å². The molecule has 0 atom stereocenters. The number of nitrogens with zero attached hydrogens (tertiary/aromatic N) is 5. The summed E-state index contributed by atoms with van der Waals surface area (Å²) in [7, 11) is 0. The van der Waals surface area contributed by atoms with Gasteiger partial charge in [-0.05, 0) is 42.2 Å². The lowest BCUT2D eigenvalue weighted by molar-refractivity contribution is -0.116. The van der Waals surface area contributed by atoms with Crippen molar-refractivity contribution in [1.29, 1.82) is 0 Å². The lowest BCUT2D eigenvalue weighted by Crippen LogP contribution is -2.19. The van der Waals surface area contributed by atoms with Crippen molar-refractivity contribution >= 4 is 29.3 Å². The number of fused-ring (bicyclic) bond motifs is 1. The number of hydrogen-bond acceptors (Lipinski definition) is 5. The Balaban J connectivity index is 1.56. The first-order chi connectivity index (χ1) is 12.7. The Labute approximate surface area is 154 Å². The van der Waals surface area contributed by atoms with Crippen LogP contribution in [0.25, 0.3) is 16.8 Å². The molecule has 0 radical (unpaired) electrons. The van der Waals surface area contributed by atoms with Crippen molar-refractivity contribution in [3.05, 3.63) is 61.1 Å². The number of nitrogens with one attached hydrogen (secondary N) is 1. The zero-order valence-electron chi connectivity index (χ0n) is 14.0. The Morgan fingerprint density at radius 1 is 1.19 bits per heavy atom. The molecule has 4 aromatic rings. The summed E-state index contributed by atoms with van der Waals surface area (Å²) < 4.78 is 3.21. The zero-order valence-corrected chi connectivity index (χ0v) is 14.8. The van der Waals surface area contributed by atoms with Crippen molar-refractivity contribution in [2.45, 2.75) is 11.4 Å². The van der Waals surface area contributed by atoms with Crippen LogP contribution >= 0.6 is 11.8 Å². The van der Waals surface area contributed by atoms with Crippen LogP contribution in [0.15, 0.2) is 66.0 Å². The van der Waals surface area contributed by atoms with Gasteiger partial charge in [-0.15, -0.1) is 16.9 Å². The summed E-state index contributed by atoms with van der Waals surface area (Å²) in [6.07, 6.45) is 7.32. The van der Waals surface area contributed by atoms with E-state index in [4.69, 9.17) is 0 Å². The highest BCUT2D eigenvalue weighted by Gasteiger charge is 2.10. The van der Waals surface area contributed by atoms with E-state index in [2.05, 4.69) is 45.0 Å². The zero-order chi connectivity index (χ0) is 17.9. The van der Waals surface area contributed by atoms with Gasteiger partial charge in [-0.3, -0.25) is 14.8 Å². The molecule has 0 aliphatic rings. The topological polar surface area (TPSA) is 77.1 Å². The standard InChI is InChI=1S/C18H16N6OS/c1-26-15-5-2-4-13(10-15)14-6-7-16-20-18(22-24(16)11-14)21-17(25)12-23-9-3-8-19-23/h2-11H,12H2,1H3,(H,21,22,25). The molecule has 130 valence electrons. The summed E-state index contributed by atoms with van der Waals surface area (Å²) in [6, 6.07) is 14.0. The quantitative estimate of drug-likeness (QED) is 0.551. The summed E-state index contributed by atoms with van der Waals surface area (Å²) in [4.78, 5) is 17.6. The SMILES string of the molecule is CSc1cccc(-c2ccc3nc(NC(=O)Cn4cccn4)nn3c2)c1. The minimum Gasteiger partial charge on any atom is -0.292 e. The highest BCUT2D eigenvalue weighted by molar-refractivity contribution is 7.98. The first kappa shape index (κ1) is 16.3. The Hall–Kier alpha value is -3.13. The monoisotopic (exact) mass is 364 g/mol. The Morgan fingerprint density at radius 3 is 2.92 bits per heavy atom. The largest absolute Gasteiger partial charge is 0.292 e. The average Bonchev–Trinajstić information content (AvgIpc) is 3.30. The van der Waals surface area contributed by atoms with E-state index in [0.29, 0.717) is 5.65 Å². The summed E-state index contributed by atoms with van der Waals surface area (Å²) >= 11 is 1.70. The smallest absolute Gasteiger partial charge is 0.249 e. The number of hydrogen-bond donors (Lipinski definition) is 1. The van der Waals surface area contributed by atoms with Crippen LogP contribution in [0.1, 0.15) is 0 Å². The van der Waals surface area contributed by atoms with Crippen LogP contribution in [0.4, 0.5) is 5.95 Å². The summed E-state index contributed by atoms with van der Waals surface area (Å²) in [5.41, 5.74) is 2.82. The van der Waals surface area contributed by atoms with Crippen LogP contribution in [-0.4, -0.2) is 36.5 Å². The molecule has 3 heterocycles. The van der Waals surface area contributed by atoms with Crippen LogP contribution in [0.5, 0.6) is 0 Å². The fraction of sp³-hybridized carbons (Fsp3) is 0.111. The number of anilines is 1. The van der Waals surface area contributed by atoms with Crippen LogP contribution in [0.2, 0.25) is 0 Å². The molecule has 0 saturated heterocycles. The lowest BCUT2D eigenvalue weighted by Gasteiger charge is -2.04. The molecular weight excluding hydrogens is 348 g/mol. The van der Waals surface area contributed by atoms with E-state index >= 15 is 0 Å². The van der Waals surface area contributed by atoms with Crippen molar-refractivity contribution < 1.29 is 4.79 Å². The number of carbonyl (C=O) groups excluding carboxylic acids is 1. The number of pyridine rings is 1. The van der Waals surface area contributed by atoms with Gasteiger partial charge in [0.15, 0.2) is 5.65 Å². The molecule has 3 aromatic heterocycles. The Kier molecular flexibility index (Phi) is 4.40. The first-order valence-corrected chi connectivity index (χ1v) is 9.22. The number of aromatic nitrogens is 5. The molecule has 1 amide bonds. The third kappa shape index (κ3) is 3.45. The minimum atomic E-state index is -0.225. The average molecular weight is 364 g/mol. The summed E-state index contributed by atoms with van der Waals surface area (Å²) in [5, 5.41) is 11.1. The Morgan fingerprint density at radius 2 is 2.12 bits per heavy atom. The molecule has 0 fully saturated rings. The summed E-state index contributed by atoms with van der Waals surface area (Å²) in [5.74, 6) is 0.0506. The molecule has 0 unspecified atom stereocenters. The van der Waals surface area contributed by atoms with E-state index in [-0.39, 0.29) is 18.4 Å². The van der Waals surface area contributed by atoms with Gasteiger partial charge in [-0.25, -0.2) is 4.52 Å². The van der Waals surface area contributed by atoms with Crippen LogP contribution < -0.4 is 5.32 Å². The molecule has 26 heavy (non-hydrogen) atoms. The highest BCUT2D eigenvalue weighted by atomic mass is 32.2. The maximum atomic E-state index is 12.1. The molecule has 4 rings (SSSR count). The van der Waals surface area contributed by atoms with Gasteiger partial charge in [0.1, 0.15) is 6.54 Å². The molecule has 1 aromatic carbocycles. The predicted molar refractivity (Wildman–Crippen MR) is 101 cm³/mol. The van der Waals surface area contributed by atoms with Gasteiger partial charge in [0, 0.05) is 29.0 Å². The highest BCUT2D eigenvalue weighted by Crippen LogP contribution is 2.24. The number of amides is 1. The normalized spacial score (nSPS) is 11.0. The maximum absolute atomic E-state index is 12.1. The second-order valence-electron chi connectivity index (χ2n) is 5.64. The van der Waals surface area contributed by atoms with Gasteiger partial charge >= 0.3 is 0 Å². The van der Waals surface area contributed by atoms with Gasteiger partial charge < -0.3 is 0 Å². The van der Waals surface area contributed by atoms with Gasteiger partial charge in [0.05, 0.1) is 0 Å². The second kappa shape index (κ2) is 7.01. The van der Waals surface area contributed by atoms with Crippen molar-refractivity contribution in [2.24, 2.45) is 0 Å². The molecular formula is C18H16N6OS. The van der Waals surface area contributed by atoms with Crippen LogP contribution in [0, 0.1) is 0 Å². The van der Waals surface area contributed by atoms with Crippen molar-refractivity contribution in [3.8, 4) is 11.1 Å². The Bertz CT molecular complexity index is 1060. The molecule has 0 spiro atoms. The molecule has 0 saturated carbocycles. The molecule has 0 aliphatic carbocycles. The predicted octanol–water partition coefficient (Wildman–Crippen LogP) is 2.95. The minimum absolute atomic E-state index is 0.120. The van der Waals surface area contributed by atoms with Crippen molar-refractivity contribution in [1.82, 2.24) is 24.4 Å². The van der Waals surface area contributed by atoms with Gasteiger partial charge in [-0.1, -0.05) is 12.1 Å². The van der Waals surface area contributed by atoms with Crippen LogP contribution in [-0.2, 0) is 11.3 Å². The second-order valence-corrected chi connectivity index (χ2v) is 6.52. The number of rotatable bonds is 5. The third-order valence-corrected chi connectivity index (χ3v) is 4.58. The van der Waals surface area contributed by atoms with E-state index in [0.717, 1.165) is 11.1 Å². The maximum Gasteiger partial charge on any atom is 0.249 e. The number of benzene rings is 1. The molecule has 0 aliphatic heterocycles. The van der Waals surface area contributed by atoms with E-state index in [9.17, 15) is 4.79 Å². The molecule has 1 N–H and O–H groups in total. The molecule has 7 nitrogen and oxygen atoms in total. The van der Waals surface area contributed by atoms with E-state index in [1.54, 1.807) is 39.4 Å². The van der Waals surface area contributed by atoms with Gasteiger partial charge in [0.2, 0.25) is 11.9 Å². The number of thioether (sulfide) groups is 1. The first-order valence-electron chi connectivity index (χ1n) is 7.99. The van der Waals surface area contributed by atoms with E-state index in [1.807, 2.05) is 24.4 Å². The van der Waals surface area contributed by atoms with Gasteiger partial charge in [0.25, 0.3) is 0 Å². The summed E-state index contributed by atoms with van der Waals surface area (Å²) in [6.45, 7) is 0.120. The molecule has 0 bridgehead atoms. The number of carbonyl (C=O) groups is 1. The van der Waals surface area contributed by atoms with Crippen molar-refractivity contribution in [2.75, 3.05) is 11.6 Å². The van der Waals surface area contributed by atoms with E-state index < -0.39 is 0 Å². The third-order valence-electron chi connectivity index (χ3n) is 3.85. The van der Waals surface area contributed by atoms with Crippen molar-refractivity contribution in [3.63, 3.8) is 0 Å². The fourth-order valence-corrected chi connectivity index (χ4v) is 3.07. The van der Waals surface area contributed by atoms with Gasteiger partial charge in [-0.2, -0.15) is 10.1 Å². The fourth-order valence-electron chi connectivity index (χ4n) is 2.61. The lowest BCUT2D eigenvalue weighted by atomic mass is 10.1. The van der Waals surface area contributed by atoms with E-state index in [1.165, 1.54) is 4.90 Å². The molecule has 8 heteroatoms.